The van der Waals surface area contributed by atoms with Crippen molar-refractivity contribution in [3.63, 3.8) is 0 Å². The first-order valence-corrected chi connectivity index (χ1v) is 15.3. The Morgan fingerprint density at radius 2 is 1.91 bits per heavy atom. The van der Waals surface area contributed by atoms with Crippen LogP contribution in [0.4, 0.5) is 26.0 Å². The maximum absolute atomic E-state index is 15.9. The van der Waals surface area contributed by atoms with Crippen LogP contribution in [0.25, 0.3) is 28.0 Å². The van der Waals surface area contributed by atoms with Crippen LogP contribution in [0, 0.1) is 18.6 Å². The van der Waals surface area contributed by atoms with E-state index in [9.17, 15) is 18.0 Å². The smallest absolute Gasteiger partial charge is 0.355 e. The first-order chi connectivity index (χ1) is 20.7. The van der Waals surface area contributed by atoms with E-state index in [0.29, 0.717) is 0 Å². The number of carbonyl (C=O) groups excluding carboxylic acids is 1. The average molecular weight is 625 g/mol. The number of nitrogen functional groups attached to an aromatic ring is 1. The number of nitrogens with two attached hydrogens (primary N) is 1. The highest BCUT2D eigenvalue weighted by Gasteiger charge is 2.31. The number of pyridine rings is 2. The lowest BCUT2D eigenvalue weighted by Crippen LogP contribution is -2.54. The van der Waals surface area contributed by atoms with Gasteiger partial charge in [0.1, 0.15) is 17.3 Å². The van der Waals surface area contributed by atoms with Crippen LogP contribution in [-0.2, 0) is 14.8 Å². The first-order valence-electron chi connectivity index (χ1n) is 13.5. The van der Waals surface area contributed by atoms with Gasteiger partial charge in [0.25, 0.3) is 0 Å². The van der Waals surface area contributed by atoms with Crippen LogP contribution in [-0.4, -0.2) is 77.7 Å². The number of hydrogen-bond acceptors (Lipinski definition) is 9. The van der Waals surface area contributed by atoms with Crippen molar-refractivity contribution >= 4 is 44.2 Å². The Labute approximate surface area is 252 Å². The molecule has 0 radical (unpaired) electrons. The van der Waals surface area contributed by atoms with Gasteiger partial charge in [0.15, 0.2) is 11.5 Å². The Balaban J connectivity index is 1.86. The van der Waals surface area contributed by atoms with Gasteiger partial charge in [-0.3, -0.25) is 14.1 Å². The SMILES string of the molecule is C=CC(=O)N1CCN(c2nc(=O)n(-c3c(N(C)S(C)(=O)=O)ccnc3C)c3nc(-c4c(N)cccc4F)c(F)cc23)[C@@H](C)C1. The molecule has 1 amide bonds. The number of carbonyl (C=O) groups is 1. The fraction of sp³-hybridized carbons (Fsp3) is 0.276. The van der Waals surface area contributed by atoms with E-state index in [0.717, 1.165) is 27.3 Å². The van der Waals surface area contributed by atoms with Crippen molar-refractivity contribution in [2.75, 3.05) is 47.9 Å². The van der Waals surface area contributed by atoms with E-state index >= 15 is 8.78 Å². The van der Waals surface area contributed by atoms with E-state index < -0.39 is 33.0 Å². The highest BCUT2D eigenvalue weighted by atomic mass is 32.2. The van der Waals surface area contributed by atoms with Gasteiger partial charge in [-0.25, -0.2) is 31.5 Å². The van der Waals surface area contributed by atoms with Crippen LogP contribution in [0.2, 0.25) is 0 Å². The van der Waals surface area contributed by atoms with Crippen molar-refractivity contribution in [1.82, 2.24) is 24.4 Å². The zero-order valence-electron chi connectivity index (χ0n) is 24.5. The van der Waals surface area contributed by atoms with Crippen molar-refractivity contribution in [3.8, 4) is 16.9 Å². The quantitative estimate of drug-likeness (QED) is 0.253. The predicted octanol–water partition coefficient (Wildman–Crippen LogP) is 2.63. The minimum absolute atomic E-state index is 0.0375. The van der Waals surface area contributed by atoms with Gasteiger partial charge in [0.05, 0.1) is 34.3 Å². The van der Waals surface area contributed by atoms with E-state index in [1.807, 2.05) is 6.92 Å². The Kier molecular flexibility index (Phi) is 7.84. The highest BCUT2D eigenvalue weighted by Crippen LogP contribution is 2.36. The van der Waals surface area contributed by atoms with E-state index in [4.69, 9.17) is 5.73 Å². The molecule has 0 unspecified atom stereocenters. The number of nitrogens with zero attached hydrogens (tertiary/aromatic N) is 7. The molecule has 1 fully saturated rings. The molecule has 1 saturated heterocycles. The van der Waals surface area contributed by atoms with Gasteiger partial charge in [-0.1, -0.05) is 12.6 Å². The molecular weight excluding hydrogens is 594 g/mol. The number of piperazine rings is 1. The molecule has 3 aromatic heterocycles. The second kappa shape index (κ2) is 11.3. The molecule has 230 valence electrons. The molecule has 44 heavy (non-hydrogen) atoms. The minimum atomic E-state index is -3.81. The van der Waals surface area contributed by atoms with Gasteiger partial charge in [-0.05, 0) is 44.2 Å². The normalized spacial score (nSPS) is 15.5. The summed E-state index contributed by atoms with van der Waals surface area (Å²) >= 11 is 0. The molecule has 0 spiro atoms. The molecule has 4 heterocycles. The summed E-state index contributed by atoms with van der Waals surface area (Å²) in [6.07, 6.45) is 3.60. The highest BCUT2D eigenvalue weighted by molar-refractivity contribution is 7.92. The molecule has 15 heteroatoms. The summed E-state index contributed by atoms with van der Waals surface area (Å²) in [4.78, 5) is 42.7. The van der Waals surface area contributed by atoms with Crippen LogP contribution < -0.4 is 20.6 Å². The summed E-state index contributed by atoms with van der Waals surface area (Å²) in [6.45, 7) is 7.74. The summed E-state index contributed by atoms with van der Waals surface area (Å²) in [7, 11) is -2.50. The van der Waals surface area contributed by atoms with Gasteiger partial charge in [0, 0.05) is 44.6 Å². The van der Waals surface area contributed by atoms with Crippen molar-refractivity contribution in [2.45, 2.75) is 19.9 Å². The molecule has 2 N–H and O–H groups in total. The Morgan fingerprint density at radius 1 is 1.18 bits per heavy atom. The molecule has 1 aliphatic heterocycles. The average Bonchev–Trinajstić information content (AvgIpc) is 2.96. The Bertz CT molecular complexity index is 1980. The van der Waals surface area contributed by atoms with E-state index in [2.05, 4.69) is 21.5 Å². The second-order valence-electron chi connectivity index (χ2n) is 10.5. The fourth-order valence-corrected chi connectivity index (χ4v) is 5.85. The maximum atomic E-state index is 15.9. The Morgan fingerprint density at radius 3 is 2.55 bits per heavy atom. The maximum Gasteiger partial charge on any atom is 0.355 e. The van der Waals surface area contributed by atoms with Gasteiger partial charge in [0.2, 0.25) is 15.9 Å². The van der Waals surface area contributed by atoms with Crippen molar-refractivity contribution in [1.29, 1.82) is 0 Å². The summed E-state index contributed by atoms with van der Waals surface area (Å²) in [5, 5.41) is 0.0901. The number of benzene rings is 1. The lowest BCUT2D eigenvalue weighted by Gasteiger charge is -2.40. The first kappa shape index (κ1) is 30.5. The lowest BCUT2D eigenvalue weighted by molar-refractivity contribution is -0.126. The number of sulfonamides is 1. The van der Waals surface area contributed by atoms with Gasteiger partial charge >= 0.3 is 5.69 Å². The number of aryl methyl sites for hydroxylation is 1. The number of amides is 1. The van der Waals surface area contributed by atoms with Crippen LogP contribution in [0.5, 0.6) is 0 Å². The minimum Gasteiger partial charge on any atom is -0.398 e. The third-order valence-corrected chi connectivity index (χ3v) is 8.81. The number of anilines is 3. The second-order valence-corrected chi connectivity index (χ2v) is 12.5. The molecule has 1 atom stereocenters. The molecular formula is C29H30F2N8O4S. The number of rotatable bonds is 6. The Hall–Kier alpha value is -4.92. The molecule has 1 aliphatic rings. The largest absolute Gasteiger partial charge is 0.398 e. The zero-order valence-corrected chi connectivity index (χ0v) is 25.3. The van der Waals surface area contributed by atoms with Crippen molar-refractivity contribution in [2.24, 2.45) is 0 Å². The standard InChI is InChI=1S/C29H30F2N8O4S/c1-6-23(40)37-12-13-38(16(2)15-37)27-18-14-20(31)25(24-19(30)8-7-9-21(24)32)34-28(18)39(29(41)35-27)26-17(3)33-11-10-22(26)36(4)44(5,42)43/h6-11,14,16H,1,12-13,15,32H2,2-5H3/t16-/m0/s1. The monoisotopic (exact) mass is 624 g/mol. The molecule has 1 aromatic carbocycles. The molecule has 4 aromatic rings. The summed E-state index contributed by atoms with van der Waals surface area (Å²) in [5.74, 6) is -1.91. The number of fused-ring (bicyclic) bond motifs is 1. The van der Waals surface area contributed by atoms with Crippen molar-refractivity contribution < 1.29 is 22.0 Å². The van der Waals surface area contributed by atoms with Crippen molar-refractivity contribution in [3.05, 3.63) is 77.0 Å². The third-order valence-electron chi connectivity index (χ3n) is 7.62. The molecule has 5 rings (SSSR count). The van der Waals surface area contributed by atoms with Gasteiger partial charge in [-0.2, -0.15) is 4.98 Å². The molecule has 0 bridgehead atoms. The van der Waals surface area contributed by atoms with Gasteiger partial charge in [-0.15, -0.1) is 0 Å². The van der Waals surface area contributed by atoms with E-state index in [-0.39, 0.29) is 76.8 Å². The van der Waals surface area contributed by atoms with E-state index in [1.165, 1.54) is 37.5 Å². The number of halogens is 2. The lowest BCUT2D eigenvalue weighted by atomic mass is 10.1. The summed E-state index contributed by atoms with van der Waals surface area (Å²) < 4.78 is 58.1. The third kappa shape index (κ3) is 5.23. The number of hydrogen-bond donors (Lipinski definition) is 1. The van der Waals surface area contributed by atoms with Crippen LogP contribution >= 0.6 is 0 Å². The zero-order chi connectivity index (χ0) is 32.1. The van der Waals surface area contributed by atoms with Crippen LogP contribution in [0.15, 0.2) is 54.0 Å². The molecule has 12 nitrogen and oxygen atoms in total. The fourth-order valence-electron chi connectivity index (χ4n) is 5.35. The van der Waals surface area contributed by atoms with E-state index in [1.54, 1.807) is 16.7 Å². The molecule has 0 aliphatic carbocycles. The summed E-state index contributed by atoms with van der Waals surface area (Å²) in [5.41, 5.74) is 4.58. The van der Waals surface area contributed by atoms with Gasteiger partial charge < -0.3 is 15.5 Å². The topological polar surface area (TPSA) is 148 Å². The van der Waals surface area contributed by atoms with Crippen LogP contribution in [0.3, 0.4) is 0 Å². The predicted molar refractivity (Wildman–Crippen MR) is 164 cm³/mol. The summed E-state index contributed by atoms with van der Waals surface area (Å²) in [6, 6.07) is 6.03. The number of aromatic nitrogens is 4. The van der Waals surface area contributed by atoms with Crippen LogP contribution in [0.1, 0.15) is 12.6 Å². The molecule has 0 saturated carbocycles.